The Kier molecular flexibility index (Phi) is 3.66. The van der Waals surface area contributed by atoms with Crippen molar-refractivity contribution in [3.05, 3.63) is 0 Å². The highest BCUT2D eigenvalue weighted by molar-refractivity contribution is 5.74. The molecule has 0 bridgehead atoms. The molecule has 2 aliphatic rings. The second-order valence-corrected chi connectivity index (χ2v) is 4.89. The maximum Gasteiger partial charge on any atom is 0.317 e. The molecule has 0 aliphatic carbocycles. The zero-order valence-electron chi connectivity index (χ0n) is 9.82. The summed E-state index contributed by atoms with van der Waals surface area (Å²) in [6.07, 6.45) is 1.82. The Morgan fingerprint density at radius 2 is 2.31 bits per heavy atom. The predicted molar refractivity (Wildman–Crippen MR) is 61.1 cm³/mol. The van der Waals surface area contributed by atoms with Crippen molar-refractivity contribution in [2.75, 3.05) is 26.3 Å². The fourth-order valence-corrected chi connectivity index (χ4v) is 2.26. The van der Waals surface area contributed by atoms with E-state index in [1.54, 1.807) is 0 Å². The van der Waals surface area contributed by atoms with Gasteiger partial charge in [-0.1, -0.05) is 6.92 Å². The minimum atomic E-state index is 0.0363. The maximum atomic E-state index is 11.9. The summed E-state index contributed by atoms with van der Waals surface area (Å²) in [7, 11) is 0. The van der Waals surface area contributed by atoms with Gasteiger partial charge >= 0.3 is 6.03 Å². The summed E-state index contributed by atoms with van der Waals surface area (Å²) in [5.74, 6) is 0.388. The summed E-state index contributed by atoms with van der Waals surface area (Å²) < 4.78 is 5.23. The van der Waals surface area contributed by atoms with Gasteiger partial charge in [0.25, 0.3) is 0 Å². The number of carbonyl (C=O) groups excluding carboxylic acids is 1. The van der Waals surface area contributed by atoms with Gasteiger partial charge in [0.2, 0.25) is 0 Å². The van der Waals surface area contributed by atoms with Crippen LogP contribution in [0.3, 0.4) is 0 Å². The molecule has 16 heavy (non-hydrogen) atoms. The summed E-state index contributed by atoms with van der Waals surface area (Å²) in [4.78, 5) is 13.8. The van der Waals surface area contributed by atoms with Crippen LogP contribution in [-0.2, 0) is 4.74 Å². The average Bonchev–Trinajstić information content (AvgIpc) is 2.74. The van der Waals surface area contributed by atoms with Crippen molar-refractivity contribution in [2.24, 2.45) is 11.7 Å². The van der Waals surface area contributed by atoms with E-state index in [0.29, 0.717) is 12.5 Å². The largest absolute Gasteiger partial charge is 0.379 e. The van der Waals surface area contributed by atoms with Gasteiger partial charge in [0.1, 0.15) is 0 Å². The number of amides is 2. The van der Waals surface area contributed by atoms with Crippen LogP contribution in [0.25, 0.3) is 0 Å². The monoisotopic (exact) mass is 227 g/mol. The fraction of sp³-hybridized carbons (Fsp3) is 0.909. The summed E-state index contributed by atoms with van der Waals surface area (Å²) in [5, 5.41) is 3.01. The van der Waals surface area contributed by atoms with E-state index in [4.69, 9.17) is 10.5 Å². The SMILES string of the molecule is CC1CN(C(=O)NC2CCOC2)CCC1N. The van der Waals surface area contributed by atoms with Crippen LogP contribution in [0, 0.1) is 5.92 Å². The molecule has 5 heteroatoms. The van der Waals surface area contributed by atoms with Gasteiger partial charge in [0, 0.05) is 25.7 Å². The fourth-order valence-electron chi connectivity index (χ4n) is 2.26. The lowest BCUT2D eigenvalue weighted by atomic mass is 9.95. The van der Waals surface area contributed by atoms with Crippen LogP contribution in [0.15, 0.2) is 0 Å². The van der Waals surface area contributed by atoms with Gasteiger partial charge < -0.3 is 20.7 Å². The number of urea groups is 1. The first kappa shape index (κ1) is 11.7. The van der Waals surface area contributed by atoms with Crippen molar-refractivity contribution < 1.29 is 9.53 Å². The molecule has 2 amide bonds. The van der Waals surface area contributed by atoms with E-state index in [9.17, 15) is 4.79 Å². The highest BCUT2D eigenvalue weighted by Gasteiger charge is 2.28. The number of likely N-dealkylation sites (tertiary alicyclic amines) is 1. The van der Waals surface area contributed by atoms with E-state index < -0.39 is 0 Å². The molecular weight excluding hydrogens is 206 g/mol. The Labute approximate surface area is 96.3 Å². The Bertz CT molecular complexity index is 254. The maximum absolute atomic E-state index is 11.9. The Morgan fingerprint density at radius 1 is 1.50 bits per heavy atom. The molecule has 3 atom stereocenters. The third-order valence-electron chi connectivity index (χ3n) is 3.52. The Balaban J connectivity index is 1.80. The number of nitrogens with one attached hydrogen (secondary N) is 1. The van der Waals surface area contributed by atoms with Gasteiger partial charge in [-0.05, 0) is 18.8 Å². The van der Waals surface area contributed by atoms with Crippen molar-refractivity contribution in [1.82, 2.24) is 10.2 Å². The predicted octanol–water partition coefficient (Wildman–Crippen LogP) is 0.154. The molecule has 0 radical (unpaired) electrons. The molecule has 3 unspecified atom stereocenters. The first-order valence-electron chi connectivity index (χ1n) is 6.05. The van der Waals surface area contributed by atoms with E-state index in [1.807, 2.05) is 4.90 Å². The van der Waals surface area contributed by atoms with E-state index in [0.717, 1.165) is 32.5 Å². The summed E-state index contributed by atoms with van der Waals surface area (Å²) in [5.41, 5.74) is 5.93. The molecule has 3 N–H and O–H groups in total. The molecule has 0 spiro atoms. The van der Waals surface area contributed by atoms with Crippen LogP contribution in [-0.4, -0.2) is 49.3 Å². The van der Waals surface area contributed by atoms with Crippen LogP contribution in [0.1, 0.15) is 19.8 Å². The average molecular weight is 227 g/mol. The summed E-state index contributed by atoms with van der Waals surface area (Å²) in [6, 6.07) is 0.464. The van der Waals surface area contributed by atoms with E-state index in [1.165, 1.54) is 0 Å². The van der Waals surface area contributed by atoms with Gasteiger partial charge in [-0.2, -0.15) is 0 Å². The highest BCUT2D eigenvalue weighted by Crippen LogP contribution is 2.15. The molecule has 5 nitrogen and oxygen atoms in total. The van der Waals surface area contributed by atoms with Gasteiger partial charge in [0.15, 0.2) is 0 Å². The zero-order chi connectivity index (χ0) is 11.5. The lowest BCUT2D eigenvalue weighted by Gasteiger charge is -2.35. The molecule has 2 fully saturated rings. The normalized spacial score (nSPS) is 35.1. The third-order valence-corrected chi connectivity index (χ3v) is 3.52. The molecule has 92 valence electrons. The molecule has 0 aromatic rings. The first-order chi connectivity index (χ1) is 7.66. The Morgan fingerprint density at radius 3 is 2.94 bits per heavy atom. The van der Waals surface area contributed by atoms with Crippen LogP contribution >= 0.6 is 0 Å². The third kappa shape index (κ3) is 2.65. The van der Waals surface area contributed by atoms with Gasteiger partial charge in [-0.15, -0.1) is 0 Å². The topological polar surface area (TPSA) is 67.6 Å². The van der Waals surface area contributed by atoms with E-state index in [-0.39, 0.29) is 18.1 Å². The standard InChI is InChI=1S/C11H21N3O2/c1-8-6-14(4-2-10(8)12)11(15)13-9-3-5-16-7-9/h8-10H,2-7,12H2,1H3,(H,13,15). The van der Waals surface area contributed by atoms with Crippen molar-refractivity contribution in [2.45, 2.75) is 31.8 Å². The quantitative estimate of drug-likeness (QED) is 0.670. The minimum Gasteiger partial charge on any atom is -0.379 e. The van der Waals surface area contributed by atoms with E-state index in [2.05, 4.69) is 12.2 Å². The summed E-state index contributed by atoms with van der Waals surface area (Å²) in [6.45, 7) is 5.04. The van der Waals surface area contributed by atoms with Crippen molar-refractivity contribution in [3.8, 4) is 0 Å². The van der Waals surface area contributed by atoms with Crippen LogP contribution in [0.4, 0.5) is 4.79 Å². The molecule has 2 saturated heterocycles. The summed E-state index contributed by atoms with van der Waals surface area (Å²) >= 11 is 0. The smallest absolute Gasteiger partial charge is 0.317 e. The lowest BCUT2D eigenvalue weighted by molar-refractivity contribution is 0.153. The number of nitrogens with two attached hydrogens (primary N) is 1. The second kappa shape index (κ2) is 5.01. The first-order valence-corrected chi connectivity index (χ1v) is 6.05. The zero-order valence-corrected chi connectivity index (χ0v) is 9.82. The number of ether oxygens (including phenoxy) is 1. The number of nitrogens with zero attached hydrogens (tertiary/aromatic N) is 1. The number of hydrogen-bond acceptors (Lipinski definition) is 3. The molecule has 0 aromatic carbocycles. The number of rotatable bonds is 1. The number of hydrogen-bond donors (Lipinski definition) is 2. The van der Waals surface area contributed by atoms with Gasteiger partial charge in [-0.25, -0.2) is 4.79 Å². The van der Waals surface area contributed by atoms with Gasteiger partial charge in [0.05, 0.1) is 12.6 Å². The molecule has 2 heterocycles. The molecular formula is C11H21N3O2. The minimum absolute atomic E-state index is 0.0363. The van der Waals surface area contributed by atoms with Crippen molar-refractivity contribution >= 4 is 6.03 Å². The van der Waals surface area contributed by atoms with Crippen molar-refractivity contribution in [1.29, 1.82) is 0 Å². The molecule has 2 aliphatic heterocycles. The van der Waals surface area contributed by atoms with E-state index >= 15 is 0 Å². The number of carbonyl (C=O) groups is 1. The Hall–Kier alpha value is -0.810. The molecule has 0 aromatic heterocycles. The number of piperidine rings is 1. The molecule has 0 saturated carbocycles. The van der Waals surface area contributed by atoms with Crippen LogP contribution in [0.5, 0.6) is 0 Å². The van der Waals surface area contributed by atoms with Crippen LogP contribution in [0.2, 0.25) is 0 Å². The second-order valence-electron chi connectivity index (χ2n) is 4.89. The molecule has 2 rings (SSSR count). The van der Waals surface area contributed by atoms with Crippen molar-refractivity contribution in [3.63, 3.8) is 0 Å². The lowest BCUT2D eigenvalue weighted by Crippen LogP contribution is -2.53. The highest BCUT2D eigenvalue weighted by atomic mass is 16.5. The van der Waals surface area contributed by atoms with Crippen LogP contribution < -0.4 is 11.1 Å². The van der Waals surface area contributed by atoms with Gasteiger partial charge in [-0.3, -0.25) is 0 Å².